The van der Waals surface area contributed by atoms with Crippen LogP contribution in [0, 0.1) is 5.92 Å². The lowest BCUT2D eigenvalue weighted by atomic mass is 10.1. The molecular weight excluding hydrogens is 558 g/mol. The second-order valence-corrected chi connectivity index (χ2v) is 11.1. The van der Waals surface area contributed by atoms with Gasteiger partial charge in [-0.05, 0) is 42.0 Å². The van der Waals surface area contributed by atoms with Crippen LogP contribution in [0.5, 0.6) is 0 Å². The Hall–Kier alpha value is -4.17. The SMILES string of the molecule is CCNC(=O)Nc1ncnc2c1ncn2C1CC(CNCc2ccsc2C(=O)O)C2O[C@H](C=Cc3ccccc3)OC21. The number of amides is 2. The molecule has 42 heavy (non-hydrogen) atoms. The average Bonchev–Trinajstić information content (AvgIpc) is 3.77. The fourth-order valence-electron chi connectivity index (χ4n) is 5.63. The maximum Gasteiger partial charge on any atom is 0.346 e. The number of fused-ring (bicyclic) bond motifs is 2. The molecule has 12 nitrogen and oxygen atoms in total. The van der Waals surface area contributed by atoms with Crippen LogP contribution in [0.2, 0.25) is 0 Å². The monoisotopic (exact) mass is 589 g/mol. The van der Waals surface area contributed by atoms with Gasteiger partial charge in [0.25, 0.3) is 0 Å². The van der Waals surface area contributed by atoms with Crippen LogP contribution in [0.15, 0.2) is 60.5 Å². The van der Waals surface area contributed by atoms with Crippen LogP contribution in [0.1, 0.15) is 40.2 Å². The third-order valence-corrected chi connectivity index (χ3v) is 8.43. The van der Waals surface area contributed by atoms with E-state index < -0.39 is 12.3 Å². The number of aromatic carboxylic acids is 1. The summed E-state index contributed by atoms with van der Waals surface area (Å²) in [5.74, 6) is -0.512. The molecule has 4 aromatic rings. The summed E-state index contributed by atoms with van der Waals surface area (Å²) >= 11 is 1.22. The van der Waals surface area contributed by atoms with Gasteiger partial charge in [-0.1, -0.05) is 36.4 Å². The van der Waals surface area contributed by atoms with Crippen LogP contribution >= 0.6 is 11.3 Å². The van der Waals surface area contributed by atoms with Gasteiger partial charge < -0.3 is 29.8 Å². The molecule has 1 saturated carbocycles. The first-order valence-electron chi connectivity index (χ1n) is 13.8. The minimum Gasteiger partial charge on any atom is -0.477 e. The van der Waals surface area contributed by atoms with Crippen molar-refractivity contribution in [3.63, 3.8) is 0 Å². The number of hydrogen-bond donors (Lipinski definition) is 4. The summed E-state index contributed by atoms with van der Waals surface area (Å²) in [7, 11) is 0. The number of anilines is 1. The minimum absolute atomic E-state index is 0.0780. The molecule has 4 N–H and O–H groups in total. The number of urea groups is 1. The standard InChI is InChI=1S/C29H31N7O5S/c1-2-31-29(39)35-26-22-27(33-15-32-26)36(16-34-22)20-12-19(14-30-13-18-10-11-42-25(18)28(37)38)23-24(20)41-21(40-23)9-8-17-6-4-3-5-7-17/h3-11,15-16,19-21,23-24,30H,2,12-14H2,1H3,(H,37,38)(H2,31,32,33,35,39)/t19?,20?,21-,23?,24?/m0/s1. The highest BCUT2D eigenvalue weighted by Gasteiger charge is 2.51. The van der Waals surface area contributed by atoms with E-state index in [1.165, 1.54) is 17.7 Å². The summed E-state index contributed by atoms with van der Waals surface area (Å²) in [6.07, 6.45) is 6.74. The fraction of sp³-hybridized carbons (Fsp3) is 0.345. The Labute approximate surface area is 245 Å². The number of nitrogens with zero attached hydrogens (tertiary/aromatic N) is 4. The normalized spacial score (nSPS) is 23.4. The highest BCUT2D eigenvalue weighted by atomic mass is 32.1. The molecule has 2 fully saturated rings. The van der Waals surface area contributed by atoms with Crippen molar-refractivity contribution in [2.24, 2.45) is 5.92 Å². The van der Waals surface area contributed by atoms with Crippen LogP contribution in [-0.4, -0.2) is 68.2 Å². The molecular formula is C29H31N7O5S. The van der Waals surface area contributed by atoms with Crippen molar-refractivity contribution in [1.82, 2.24) is 30.2 Å². The van der Waals surface area contributed by atoms with Crippen LogP contribution in [-0.2, 0) is 16.0 Å². The van der Waals surface area contributed by atoms with Gasteiger partial charge in [0.05, 0.1) is 18.5 Å². The van der Waals surface area contributed by atoms with E-state index in [1.807, 2.05) is 60.0 Å². The van der Waals surface area contributed by atoms with Crippen LogP contribution in [0.4, 0.5) is 10.6 Å². The third-order valence-electron chi connectivity index (χ3n) is 7.49. The van der Waals surface area contributed by atoms with E-state index in [0.29, 0.717) is 41.5 Å². The summed E-state index contributed by atoms with van der Waals surface area (Å²) in [6.45, 7) is 3.37. The van der Waals surface area contributed by atoms with Gasteiger partial charge in [-0.15, -0.1) is 11.3 Å². The molecule has 1 saturated heterocycles. The van der Waals surface area contributed by atoms with E-state index >= 15 is 0 Å². The maximum absolute atomic E-state index is 12.2. The summed E-state index contributed by atoms with van der Waals surface area (Å²) in [6, 6.07) is 11.3. The molecule has 1 aromatic carbocycles. The smallest absolute Gasteiger partial charge is 0.346 e. The van der Waals surface area contributed by atoms with Crippen molar-refractivity contribution in [2.75, 3.05) is 18.4 Å². The highest BCUT2D eigenvalue weighted by Crippen LogP contribution is 2.45. The summed E-state index contributed by atoms with van der Waals surface area (Å²) < 4.78 is 14.9. The molecule has 0 bridgehead atoms. The van der Waals surface area contributed by atoms with E-state index in [1.54, 1.807) is 11.7 Å². The molecule has 1 aliphatic heterocycles. The largest absolute Gasteiger partial charge is 0.477 e. The number of hydrogen-bond acceptors (Lipinski definition) is 9. The number of imidazole rings is 1. The number of rotatable bonds is 10. The van der Waals surface area contributed by atoms with Gasteiger partial charge in [-0.2, -0.15) is 0 Å². The number of carboxylic acid groups (broad SMARTS) is 1. The van der Waals surface area contributed by atoms with Crippen molar-refractivity contribution in [2.45, 2.75) is 44.4 Å². The molecule has 1 aliphatic carbocycles. The van der Waals surface area contributed by atoms with Crippen molar-refractivity contribution in [3.05, 3.63) is 76.5 Å². The highest BCUT2D eigenvalue weighted by molar-refractivity contribution is 7.12. The van der Waals surface area contributed by atoms with Gasteiger partial charge in [-0.3, -0.25) is 5.32 Å². The Balaban J connectivity index is 1.23. The Bertz CT molecular complexity index is 1590. The van der Waals surface area contributed by atoms with Crippen molar-refractivity contribution in [1.29, 1.82) is 0 Å². The van der Waals surface area contributed by atoms with Gasteiger partial charge in [0.2, 0.25) is 0 Å². The number of thiophene rings is 1. The zero-order valence-electron chi connectivity index (χ0n) is 22.8. The first kappa shape index (κ1) is 28.0. The van der Waals surface area contributed by atoms with Crippen LogP contribution in [0.25, 0.3) is 17.2 Å². The Morgan fingerprint density at radius 1 is 1.14 bits per heavy atom. The van der Waals surface area contributed by atoms with Crippen LogP contribution in [0.3, 0.4) is 0 Å². The number of aromatic nitrogens is 4. The predicted octanol–water partition coefficient (Wildman–Crippen LogP) is 3.90. The van der Waals surface area contributed by atoms with Gasteiger partial charge in [0.15, 0.2) is 23.3 Å². The molecule has 0 radical (unpaired) electrons. The summed E-state index contributed by atoms with van der Waals surface area (Å²) in [5, 5.41) is 20.1. The molecule has 2 amide bonds. The number of nitrogens with one attached hydrogen (secondary N) is 3. The van der Waals surface area contributed by atoms with Gasteiger partial charge in [0, 0.05) is 25.6 Å². The minimum atomic E-state index is -0.918. The molecule has 3 aromatic heterocycles. The lowest BCUT2D eigenvalue weighted by Gasteiger charge is -2.20. The lowest BCUT2D eigenvalue weighted by Crippen LogP contribution is -2.32. The van der Waals surface area contributed by atoms with E-state index in [4.69, 9.17) is 9.47 Å². The quantitative estimate of drug-likeness (QED) is 0.216. The molecule has 5 atom stereocenters. The molecule has 2 aliphatic rings. The zero-order valence-corrected chi connectivity index (χ0v) is 23.7. The lowest BCUT2D eigenvalue weighted by molar-refractivity contribution is -0.0499. The number of carbonyl (C=O) groups is 2. The third kappa shape index (κ3) is 5.77. The fourth-order valence-corrected chi connectivity index (χ4v) is 6.39. The van der Waals surface area contributed by atoms with Crippen LogP contribution < -0.4 is 16.0 Å². The molecule has 0 spiro atoms. The van der Waals surface area contributed by atoms with Crippen molar-refractivity contribution >= 4 is 46.4 Å². The molecule has 4 unspecified atom stereocenters. The van der Waals surface area contributed by atoms with Gasteiger partial charge in [0.1, 0.15) is 17.3 Å². The number of ether oxygens (including phenoxy) is 2. The second kappa shape index (κ2) is 12.4. The maximum atomic E-state index is 12.2. The Kier molecular flexibility index (Phi) is 8.24. The second-order valence-electron chi connectivity index (χ2n) is 10.1. The number of carboxylic acids is 1. The number of benzene rings is 1. The summed E-state index contributed by atoms with van der Waals surface area (Å²) in [4.78, 5) is 37.3. The van der Waals surface area contributed by atoms with E-state index in [9.17, 15) is 14.7 Å². The van der Waals surface area contributed by atoms with Gasteiger partial charge in [-0.25, -0.2) is 24.5 Å². The van der Waals surface area contributed by atoms with Gasteiger partial charge >= 0.3 is 12.0 Å². The first-order valence-corrected chi connectivity index (χ1v) is 14.7. The van der Waals surface area contributed by atoms with Crippen molar-refractivity contribution < 1.29 is 24.2 Å². The van der Waals surface area contributed by atoms with E-state index in [2.05, 4.69) is 30.9 Å². The molecule has 6 rings (SSSR count). The Morgan fingerprint density at radius 3 is 2.79 bits per heavy atom. The topological polar surface area (TPSA) is 153 Å². The van der Waals surface area contributed by atoms with E-state index in [-0.39, 0.29) is 30.2 Å². The summed E-state index contributed by atoms with van der Waals surface area (Å²) in [5.41, 5.74) is 2.88. The zero-order chi connectivity index (χ0) is 29.1. The molecule has 13 heteroatoms. The van der Waals surface area contributed by atoms with E-state index in [0.717, 1.165) is 17.5 Å². The Morgan fingerprint density at radius 2 is 1.98 bits per heavy atom. The molecule has 218 valence electrons. The average molecular weight is 590 g/mol. The first-order chi connectivity index (χ1) is 20.5. The number of carbonyl (C=O) groups excluding carboxylic acids is 1. The van der Waals surface area contributed by atoms with Crippen molar-refractivity contribution in [3.8, 4) is 0 Å². The predicted molar refractivity (Wildman–Crippen MR) is 157 cm³/mol. The molecule has 4 heterocycles.